The molecule has 1 aromatic rings. The van der Waals surface area contributed by atoms with E-state index in [4.69, 9.17) is 0 Å². The van der Waals surface area contributed by atoms with Crippen LogP contribution in [0.2, 0.25) is 0 Å². The Morgan fingerprint density at radius 3 is 2.54 bits per heavy atom. The monoisotopic (exact) mass is 179 g/mol. The number of hydrogen-bond acceptors (Lipinski definition) is 4. The lowest BCUT2D eigenvalue weighted by molar-refractivity contribution is -0.132. The van der Waals surface area contributed by atoms with Crippen molar-refractivity contribution in [1.29, 1.82) is 0 Å². The summed E-state index contributed by atoms with van der Waals surface area (Å²) in [7, 11) is 0. The molecule has 0 unspecified atom stereocenters. The van der Waals surface area contributed by atoms with Crippen molar-refractivity contribution >= 4 is 11.6 Å². The molecule has 0 amide bonds. The van der Waals surface area contributed by atoms with Crippen LogP contribution in [0.3, 0.4) is 0 Å². The van der Waals surface area contributed by atoms with E-state index >= 15 is 0 Å². The van der Waals surface area contributed by atoms with Gasteiger partial charge in [0.15, 0.2) is 0 Å². The maximum Gasteiger partial charge on any atom is 0.149 e. The molecular formula is C9H9NO3. The fourth-order valence-corrected chi connectivity index (χ4v) is 1.61. The molecule has 0 N–H and O–H groups in total. The molecule has 1 fully saturated rings. The predicted octanol–water partition coefficient (Wildman–Crippen LogP) is 1.08. The van der Waals surface area contributed by atoms with Gasteiger partial charge in [0.2, 0.25) is 0 Å². The Balaban J connectivity index is 2.29. The fraction of sp³-hybridized carbons (Fsp3) is 0.444. The minimum absolute atomic E-state index is 0.0369. The van der Waals surface area contributed by atoms with Gasteiger partial charge in [-0.3, -0.25) is 9.59 Å². The normalized spacial score (nSPS) is 19.4. The Hall–Kier alpha value is -1.45. The first-order valence-corrected chi connectivity index (χ1v) is 4.25. The molecule has 4 heteroatoms. The van der Waals surface area contributed by atoms with Crippen LogP contribution in [0.25, 0.3) is 0 Å². The van der Waals surface area contributed by atoms with Crippen molar-refractivity contribution in [3.63, 3.8) is 0 Å². The summed E-state index contributed by atoms with van der Waals surface area (Å²) in [5.74, 6) is -0.734. The molecule has 0 spiro atoms. The van der Waals surface area contributed by atoms with Crippen LogP contribution in [0.15, 0.2) is 16.9 Å². The maximum absolute atomic E-state index is 11.4. The minimum Gasteiger partial charge on any atom is -0.364 e. The number of nitrogens with zero attached hydrogens (tertiary/aromatic N) is 1. The van der Waals surface area contributed by atoms with Crippen molar-refractivity contribution in [3.8, 4) is 0 Å². The largest absolute Gasteiger partial charge is 0.364 e. The minimum atomic E-state index is -0.660. The van der Waals surface area contributed by atoms with Gasteiger partial charge in [0, 0.05) is 18.9 Å². The van der Waals surface area contributed by atoms with Crippen LogP contribution in [0.1, 0.15) is 30.9 Å². The molecule has 0 radical (unpaired) electrons. The Bertz CT molecular complexity index is 313. The molecule has 1 saturated carbocycles. The van der Waals surface area contributed by atoms with Crippen LogP contribution in [0.4, 0.5) is 0 Å². The van der Waals surface area contributed by atoms with E-state index in [9.17, 15) is 9.59 Å². The molecule has 4 nitrogen and oxygen atoms in total. The quantitative estimate of drug-likeness (QED) is 0.605. The Morgan fingerprint density at radius 2 is 2.00 bits per heavy atom. The lowest BCUT2D eigenvalue weighted by Crippen LogP contribution is -2.26. The van der Waals surface area contributed by atoms with Gasteiger partial charge in [-0.1, -0.05) is 5.16 Å². The summed E-state index contributed by atoms with van der Waals surface area (Å²) in [5.41, 5.74) is 0.453. The van der Waals surface area contributed by atoms with Crippen LogP contribution >= 0.6 is 0 Å². The van der Waals surface area contributed by atoms with E-state index in [1.54, 1.807) is 6.07 Å². The van der Waals surface area contributed by atoms with E-state index < -0.39 is 5.92 Å². The van der Waals surface area contributed by atoms with Gasteiger partial charge in [0.05, 0.1) is 0 Å². The topological polar surface area (TPSA) is 60.2 Å². The van der Waals surface area contributed by atoms with Gasteiger partial charge >= 0.3 is 0 Å². The molecule has 0 atom stereocenters. The number of ketones is 2. The highest BCUT2D eigenvalue weighted by Gasteiger charge is 2.33. The molecule has 0 bridgehead atoms. The third-order valence-corrected chi connectivity index (χ3v) is 2.24. The van der Waals surface area contributed by atoms with Crippen LogP contribution in [-0.2, 0) is 9.59 Å². The van der Waals surface area contributed by atoms with Crippen LogP contribution in [0.5, 0.6) is 0 Å². The SMILES string of the molecule is O=C1CCCC(=O)C1c1ccon1. The molecule has 0 aromatic carbocycles. The molecule has 68 valence electrons. The first-order valence-electron chi connectivity index (χ1n) is 4.25. The zero-order valence-corrected chi connectivity index (χ0v) is 7.03. The third-order valence-electron chi connectivity index (χ3n) is 2.24. The fourth-order valence-electron chi connectivity index (χ4n) is 1.61. The van der Waals surface area contributed by atoms with E-state index in [0.29, 0.717) is 25.0 Å². The first-order chi connectivity index (χ1) is 6.29. The van der Waals surface area contributed by atoms with Crippen LogP contribution in [0, 0.1) is 0 Å². The Morgan fingerprint density at radius 1 is 1.31 bits per heavy atom. The molecule has 0 aliphatic heterocycles. The lowest BCUT2D eigenvalue weighted by Gasteiger charge is -2.16. The predicted molar refractivity (Wildman–Crippen MR) is 43.1 cm³/mol. The molecule has 1 heterocycles. The van der Waals surface area contributed by atoms with Crippen molar-refractivity contribution in [3.05, 3.63) is 18.0 Å². The highest BCUT2D eigenvalue weighted by molar-refractivity contribution is 6.08. The second kappa shape index (κ2) is 3.12. The molecule has 1 aromatic heterocycles. The summed E-state index contributed by atoms with van der Waals surface area (Å²) in [6, 6.07) is 1.58. The van der Waals surface area contributed by atoms with Gasteiger partial charge in [-0.05, 0) is 6.42 Å². The second-order valence-electron chi connectivity index (χ2n) is 3.14. The van der Waals surface area contributed by atoms with Gasteiger partial charge in [-0.2, -0.15) is 0 Å². The van der Waals surface area contributed by atoms with E-state index in [0.717, 1.165) is 0 Å². The summed E-state index contributed by atoms with van der Waals surface area (Å²) < 4.78 is 4.61. The Kier molecular flexibility index (Phi) is 1.96. The van der Waals surface area contributed by atoms with E-state index in [-0.39, 0.29) is 11.6 Å². The van der Waals surface area contributed by atoms with Crippen LogP contribution < -0.4 is 0 Å². The van der Waals surface area contributed by atoms with Gasteiger partial charge in [0.1, 0.15) is 29.4 Å². The number of hydrogen-bond donors (Lipinski definition) is 0. The molecule has 1 aliphatic carbocycles. The third kappa shape index (κ3) is 1.39. The molecule has 0 saturated heterocycles. The van der Waals surface area contributed by atoms with Crippen molar-refractivity contribution in [2.24, 2.45) is 0 Å². The summed E-state index contributed by atoms with van der Waals surface area (Å²) in [4.78, 5) is 22.8. The van der Waals surface area contributed by atoms with Gasteiger partial charge < -0.3 is 4.52 Å². The highest BCUT2D eigenvalue weighted by atomic mass is 16.5. The Labute approximate surface area is 74.9 Å². The summed E-state index contributed by atoms with van der Waals surface area (Å²) >= 11 is 0. The molecular weight excluding hydrogens is 170 g/mol. The maximum atomic E-state index is 11.4. The van der Waals surface area contributed by atoms with Gasteiger partial charge in [-0.25, -0.2) is 0 Å². The van der Waals surface area contributed by atoms with E-state index in [1.807, 2.05) is 0 Å². The van der Waals surface area contributed by atoms with Crippen LogP contribution in [-0.4, -0.2) is 16.7 Å². The standard InChI is InChI=1S/C9H9NO3/c11-7-2-1-3-8(12)9(7)6-4-5-13-10-6/h4-5,9H,1-3H2. The van der Waals surface area contributed by atoms with E-state index in [2.05, 4.69) is 9.68 Å². The average Bonchev–Trinajstić information content (AvgIpc) is 2.57. The van der Waals surface area contributed by atoms with Crippen molar-refractivity contribution in [2.75, 3.05) is 0 Å². The summed E-state index contributed by atoms with van der Waals surface area (Å²) in [6.07, 6.45) is 3.00. The van der Waals surface area contributed by atoms with E-state index in [1.165, 1.54) is 6.26 Å². The number of carbonyl (C=O) groups excluding carboxylic acids is 2. The number of Topliss-reactive ketones (excluding diaryl/α,β-unsaturated/α-hetero) is 2. The average molecular weight is 179 g/mol. The highest BCUT2D eigenvalue weighted by Crippen LogP contribution is 2.25. The van der Waals surface area contributed by atoms with Crippen molar-refractivity contribution in [1.82, 2.24) is 5.16 Å². The summed E-state index contributed by atoms with van der Waals surface area (Å²) in [6.45, 7) is 0. The molecule has 13 heavy (non-hydrogen) atoms. The first kappa shape index (κ1) is 8.16. The second-order valence-corrected chi connectivity index (χ2v) is 3.14. The zero-order chi connectivity index (χ0) is 9.26. The number of carbonyl (C=O) groups is 2. The van der Waals surface area contributed by atoms with Gasteiger partial charge in [-0.15, -0.1) is 0 Å². The molecule has 1 aliphatic rings. The van der Waals surface area contributed by atoms with Crippen molar-refractivity contribution in [2.45, 2.75) is 25.2 Å². The summed E-state index contributed by atoms with van der Waals surface area (Å²) in [5, 5.41) is 3.62. The molecule has 2 rings (SSSR count). The number of aromatic nitrogens is 1. The van der Waals surface area contributed by atoms with Crippen molar-refractivity contribution < 1.29 is 14.1 Å². The lowest BCUT2D eigenvalue weighted by atomic mass is 9.85. The number of rotatable bonds is 1. The smallest absolute Gasteiger partial charge is 0.149 e. The van der Waals surface area contributed by atoms with Gasteiger partial charge in [0.25, 0.3) is 0 Å². The zero-order valence-electron chi connectivity index (χ0n) is 7.03.